The second-order valence-corrected chi connectivity index (χ2v) is 8.30. The average Bonchev–Trinajstić information content (AvgIpc) is 2.80. The van der Waals surface area contributed by atoms with Gasteiger partial charge in [-0.3, -0.25) is 15.0 Å². The standard InChI is InChI=1S/C25H32N4O3/c26-25(27)21-11-13-22(14-12-21)28-23(30)16-29(15-19-7-3-1-4-8-19)24(31)18-32-17-20-9-5-2-6-10-20/h2,5-6,9-14,19H,1,3-4,7-8,15-18H2,(H3,26,27)(H,28,30). The van der Waals surface area contributed by atoms with Crippen LogP contribution in [0.4, 0.5) is 5.69 Å². The molecule has 0 bridgehead atoms. The summed E-state index contributed by atoms with van der Waals surface area (Å²) in [6.45, 7) is 0.865. The Hall–Kier alpha value is -3.19. The van der Waals surface area contributed by atoms with Crippen molar-refractivity contribution in [3.63, 3.8) is 0 Å². The number of amides is 2. The highest BCUT2D eigenvalue weighted by Gasteiger charge is 2.23. The Morgan fingerprint density at radius 1 is 1.03 bits per heavy atom. The van der Waals surface area contributed by atoms with E-state index in [4.69, 9.17) is 15.9 Å². The molecule has 1 fully saturated rings. The van der Waals surface area contributed by atoms with Crippen molar-refractivity contribution in [3.8, 4) is 0 Å². The first-order valence-electron chi connectivity index (χ1n) is 11.1. The average molecular weight is 437 g/mol. The van der Waals surface area contributed by atoms with Crippen molar-refractivity contribution >= 4 is 23.3 Å². The SMILES string of the molecule is N=C(N)c1ccc(NC(=O)CN(CC2CCCCC2)C(=O)COCc2ccccc2)cc1. The van der Waals surface area contributed by atoms with Crippen LogP contribution in [0.5, 0.6) is 0 Å². The molecule has 2 aromatic rings. The summed E-state index contributed by atoms with van der Waals surface area (Å²) in [5.41, 5.74) is 7.67. The van der Waals surface area contributed by atoms with Crippen molar-refractivity contribution in [1.82, 2.24) is 4.90 Å². The first-order valence-corrected chi connectivity index (χ1v) is 11.1. The fourth-order valence-electron chi connectivity index (χ4n) is 3.96. The molecule has 2 amide bonds. The van der Waals surface area contributed by atoms with E-state index in [9.17, 15) is 9.59 Å². The summed E-state index contributed by atoms with van der Waals surface area (Å²) < 4.78 is 5.63. The zero-order valence-corrected chi connectivity index (χ0v) is 18.4. The van der Waals surface area contributed by atoms with Crippen molar-refractivity contribution in [2.45, 2.75) is 38.7 Å². The highest BCUT2D eigenvalue weighted by Crippen LogP contribution is 2.24. The number of nitrogens with one attached hydrogen (secondary N) is 2. The molecule has 0 atom stereocenters. The summed E-state index contributed by atoms with van der Waals surface area (Å²) in [5, 5.41) is 10.3. The number of ether oxygens (including phenoxy) is 1. The van der Waals surface area contributed by atoms with Crippen LogP contribution in [0.1, 0.15) is 43.2 Å². The van der Waals surface area contributed by atoms with Crippen molar-refractivity contribution in [3.05, 3.63) is 65.7 Å². The molecule has 0 spiro atoms. The third-order valence-electron chi connectivity index (χ3n) is 5.71. The maximum atomic E-state index is 12.9. The normalized spacial score (nSPS) is 14.0. The van der Waals surface area contributed by atoms with E-state index in [1.165, 1.54) is 19.3 Å². The van der Waals surface area contributed by atoms with E-state index < -0.39 is 0 Å². The van der Waals surface area contributed by atoms with Crippen LogP contribution in [0.3, 0.4) is 0 Å². The number of hydrogen-bond acceptors (Lipinski definition) is 4. The van der Waals surface area contributed by atoms with Crippen LogP contribution in [0.25, 0.3) is 0 Å². The molecule has 3 rings (SSSR count). The second kappa shape index (κ2) is 12.0. The number of amidine groups is 1. The number of nitrogens with two attached hydrogens (primary N) is 1. The van der Waals surface area contributed by atoms with Crippen LogP contribution in [0.15, 0.2) is 54.6 Å². The number of nitrogen functional groups attached to an aromatic ring is 1. The number of carbonyl (C=O) groups is 2. The fraction of sp³-hybridized carbons (Fsp3) is 0.400. The summed E-state index contributed by atoms with van der Waals surface area (Å²) in [6, 6.07) is 16.5. The van der Waals surface area contributed by atoms with Crippen LogP contribution in [-0.4, -0.2) is 42.2 Å². The molecule has 7 nitrogen and oxygen atoms in total. The molecule has 1 aliphatic carbocycles. The van der Waals surface area contributed by atoms with Gasteiger partial charge in [0.15, 0.2) is 0 Å². The third-order valence-corrected chi connectivity index (χ3v) is 5.71. The van der Waals surface area contributed by atoms with Crippen molar-refractivity contribution < 1.29 is 14.3 Å². The molecule has 1 saturated carbocycles. The lowest BCUT2D eigenvalue weighted by molar-refractivity contribution is -0.140. The van der Waals surface area contributed by atoms with Crippen LogP contribution in [0, 0.1) is 11.3 Å². The first kappa shape index (κ1) is 23.5. The number of hydrogen-bond donors (Lipinski definition) is 3. The quantitative estimate of drug-likeness (QED) is 0.391. The predicted octanol–water partition coefficient (Wildman–Crippen LogP) is 3.53. The monoisotopic (exact) mass is 436 g/mol. The summed E-state index contributed by atoms with van der Waals surface area (Å²) in [6.07, 6.45) is 5.75. The van der Waals surface area contributed by atoms with E-state index in [0.29, 0.717) is 30.3 Å². The zero-order valence-electron chi connectivity index (χ0n) is 18.4. The molecule has 0 saturated heterocycles. The van der Waals surface area contributed by atoms with Gasteiger partial charge in [-0.2, -0.15) is 0 Å². The minimum Gasteiger partial charge on any atom is -0.384 e. The fourth-order valence-corrected chi connectivity index (χ4v) is 3.96. The van der Waals surface area contributed by atoms with E-state index in [1.54, 1.807) is 29.2 Å². The molecule has 170 valence electrons. The van der Waals surface area contributed by atoms with E-state index in [2.05, 4.69) is 5.32 Å². The van der Waals surface area contributed by atoms with Gasteiger partial charge >= 0.3 is 0 Å². The molecule has 0 aromatic heterocycles. The largest absolute Gasteiger partial charge is 0.384 e. The number of benzene rings is 2. The molecule has 2 aromatic carbocycles. The molecule has 0 heterocycles. The third kappa shape index (κ3) is 7.50. The van der Waals surface area contributed by atoms with Gasteiger partial charge in [-0.15, -0.1) is 0 Å². The minimum atomic E-state index is -0.257. The predicted molar refractivity (Wildman–Crippen MR) is 125 cm³/mol. The molecular weight excluding hydrogens is 404 g/mol. The van der Waals surface area contributed by atoms with E-state index in [-0.39, 0.29) is 30.8 Å². The van der Waals surface area contributed by atoms with Crippen molar-refractivity contribution in [2.75, 3.05) is 25.0 Å². The summed E-state index contributed by atoms with van der Waals surface area (Å²) in [5.74, 6) is -0.0338. The number of anilines is 1. The lowest BCUT2D eigenvalue weighted by Crippen LogP contribution is -2.43. The topological polar surface area (TPSA) is 109 Å². The van der Waals surface area contributed by atoms with Crippen LogP contribution < -0.4 is 11.1 Å². The number of nitrogens with zero attached hydrogens (tertiary/aromatic N) is 1. The highest BCUT2D eigenvalue weighted by molar-refractivity contribution is 5.97. The van der Waals surface area contributed by atoms with Crippen LogP contribution >= 0.6 is 0 Å². The first-order chi connectivity index (χ1) is 15.5. The maximum absolute atomic E-state index is 12.9. The number of carbonyl (C=O) groups excluding carboxylic acids is 2. The van der Waals surface area contributed by atoms with Gasteiger partial charge < -0.3 is 20.7 Å². The zero-order chi connectivity index (χ0) is 22.8. The van der Waals surface area contributed by atoms with Gasteiger partial charge in [0.05, 0.1) is 13.2 Å². The molecule has 4 N–H and O–H groups in total. The van der Waals surface area contributed by atoms with Gasteiger partial charge in [0.1, 0.15) is 12.4 Å². The Morgan fingerprint density at radius 2 is 1.72 bits per heavy atom. The Kier molecular flexibility index (Phi) is 8.80. The summed E-state index contributed by atoms with van der Waals surface area (Å²) in [7, 11) is 0. The smallest absolute Gasteiger partial charge is 0.249 e. The van der Waals surface area contributed by atoms with Gasteiger partial charge in [0, 0.05) is 17.8 Å². The molecular formula is C25H32N4O3. The Morgan fingerprint density at radius 3 is 2.38 bits per heavy atom. The van der Waals surface area contributed by atoms with Gasteiger partial charge in [0.2, 0.25) is 11.8 Å². The van der Waals surface area contributed by atoms with E-state index in [0.717, 1.165) is 18.4 Å². The van der Waals surface area contributed by atoms with Crippen LogP contribution in [-0.2, 0) is 20.9 Å². The van der Waals surface area contributed by atoms with Crippen molar-refractivity contribution in [1.29, 1.82) is 5.41 Å². The lowest BCUT2D eigenvalue weighted by atomic mass is 9.89. The molecule has 0 unspecified atom stereocenters. The Balaban J connectivity index is 1.57. The van der Waals surface area contributed by atoms with Gasteiger partial charge in [0.25, 0.3) is 0 Å². The summed E-state index contributed by atoms with van der Waals surface area (Å²) >= 11 is 0. The second-order valence-electron chi connectivity index (χ2n) is 8.30. The molecule has 32 heavy (non-hydrogen) atoms. The van der Waals surface area contributed by atoms with E-state index in [1.807, 2.05) is 30.3 Å². The maximum Gasteiger partial charge on any atom is 0.249 e. The lowest BCUT2D eigenvalue weighted by Gasteiger charge is -2.29. The minimum absolute atomic E-state index is 0.0154. The Bertz CT molecular complexity index is 893. The van der Waals surface area contributed by atoms with Gasteiger partial charge in [-0.1, -0.05) is 49.6 Å². The van der Waals surface area contributed by atoms with Crippen molar-refractivity contribution in [2.24, 2.45) is 11.7 Å². The van der Waals surface area contributed by atoms with Gasteiger partial charge in [-0.25, -0.2) is 0 Å². The highest BCUT2D eigenvalue weighted by atomic mass is 16.5. The molecule has 1 aliphatic rings. The van der Waals surface area contributed by atoms with Gasteiger partial charge in [-0.05, 0) is 48.6 Å². The molecule has 0 aliphatic heterocycles. The number of rotatable bonds is 10. The Labute approximate surface area is 189 Å². The van der Waals surface area contributed by atoms with E-state index >= 15 is 0 Å². The molecule has 0 radical (unpaired) electrons. The van der Waals surface area contributed by atoms with Crippen LogP contribution in [0.2, 0.25) is 0 Å². The summed E-state index contributed by atoms with van der Waals surface area (Å²) in [4.78, 5) is 27.2. The molecule has 7 heteroatoms.